The molecule has 1 atom stereocenters. The number of unbranched alkanes of at least 4 members (excludes halogenated alkanes) is 1. The molecule has 6 amide bonds. The van der Waals surface area contributed by atoms with E-state index in [1.807, 2.05) is 41.5 Å². The summed E-state index contributed by atoms with van der Waals surface area (Å²) in [6.45, 7) is 12.2. The van der Waals surface area contributed by atoms with Crippen molar-refractivity contribution in [1.82, 2.24) is 21.3 Å². The molecule has 0 aliphatic carbocycles. The predicted molar refractivity (Wildman–Crippen MR) is 153 cm³/mol. The van der Waals surface area contributed by atoms with Gasteiger partial charge in [-0.15, -0.1) is 0 Å². The van der Waals surface area contributed by atoms with Crippen LogP contribution in [0, 0.1) is 5.92 Å². The summed E-state index contributed by atoms with van der Waals surface area (Å²) in [5.74, 6) is -1.07. The number of alkyl carbamates (subject to hydrolysis) is 1. The van der Waals surface area contributed by atoms with E-state index in [4.69, 9.17) is 10.5 Å². The first-order chi connectivity index (χ1) is 18.5. The summed E-state index contributed by atoms with van der Waals surface area (Å²) in [5.41, 5.74) is 6.04. The molecule has 0 aliphatic heterocycles. The van der Waals surface area contributed by atoms with E-state index in [0.717, 1.165) is 24.8 Å². The fourth-order valence-corrected chi connectivity index (χ4v) is 2.75. The van der Waals surface area contributed by atoms with Crippen LogP contribution in [0.3, 0.4) is 0 Å². The van der Waals surface area contributed by atoms with Crippen molar-refractivity contribution in [1.29, 1.82) is 0 Å². The van der Waals surface area contributed by atoms with E-state index in [9.17, 15) is 24.0 Å². The lowest BCUT2D eigenvalue weighted by Crippen LogP contribution is -2.51. The first-order valence-corrected chi connectivity index (χ1v) is 13.4. The molecule has 0 aliphatic rings. The molecule has 0 saturated carbocycles. The molecule has 7 N–H and O–H groups in total. The maximum Gasteiger partial charge on any atom is 0.407 e. The fourth-order valence-electron chi connectivity index (χ4n) is 2.75. The van der Waals surface area contributed by atoms with Crippen LogP contribution in [0.5, 0.6) is 0 Å². The van der Waals surface area contributed by atoms with Crippen molar-refractivity contribution in [3.63, 3.8) is 0 Å². The molecule has 0 aromatic heterocycles. The molecule has 12 nitrogen and oxygen atoms in total. The van der Waals surface area contributed by atoms with Crippen LogP contribution in [0.1, 0.15) is 72.8 Å². The smallest absolute Gasteiger partial charge is 0.407 e. The second-order valence-corrected chi connectivity index (χ2v) is 8.47. The Bertz CT molecular complexity index is 861. The average molecular weight is 553 g/mol. The minimum atomic E-state index is -0.693. The Balaban J connectivity index is 0. The molecular weight excluding hydrogens is 504 g/mol. The van der Waals surface area contributed by atoms with Gasteiger partial charge in [-0.3, -0.25) is 14.4 Å². The summed E-state index contributed by atoms with van der Waals surface area (Å²) in [5, 5.41) is 12.8. The predicted octanol–water partition coefficient (Wildman–Crippen LogP) is 3.02. The summed E-state index contributed by atoms with van der Waals surface area (Å²) < 4.78 is 4.94. The highest BCUT2D eigenvalue weighted by Gasteiger charge is 2.24. The molecule has 0 fully saturated rings. The molecule has 1 aromatic rings. The highest BCUT2D eigenvalue weighted by molar-refractivity contribution is 5.96. The minimum absolute atomic E-state index is 0.108. The van der Waals surface area contributed by atoms with Gasteiger partial charge in [-0.05, 0) is 36.5 Å². The van der Waals surface area contributed by atoms with Crippen LogP contribution in [0.4, 0.5) is 15.3 Å². The van der Waals surface area contributed by atoms with Crippen LogP contribution >= 0.6 is 0 Å². The number of carbonyl (C=O) groups excluding carboxylic acids is 5. The van der Waals surface area contributed by atoms with E-state index < -0.39 is 30.0 Å². The summed E-state index contributed by atoms with van der Waals surface area (Å²) in [7, 11) is 1.48. The van der Waals surface area contributed by atoms with Gasteiger partial charge in [0.15, 0.2) is 0 Å². The molecule has 0 saturated heterocycles. The number of ether oxygens (including phenoxy) is 1. The monoisotopic (exact) mass is 552 g/mol. The SMILES string of the molecule is CC.CCCCC(=O)NC(C(=O)NCC(=O)Nc1ccc(COC(=O)NC)cc1)C(C)C.CCCNC(N)=O. The van der Waals surface area contributed by atoms with Crippen molar-refractivity contribution in [3.05, 3.63) is 29.8 Å². The Hall–Kier alpha value is -3.83. The van der Waals surface area contributed by atoms with Gasteiger partial charge in [-0.2, -0.15) is 0 Å². The third-order valence-electron chi connectivity index (χ3n) is 4.81. The Morgan fingerprint density at radius 2 is 1.54 bits per heavy atom. The van der Waals surface area contributed by atoms with Gasteiger partial charge in [0, 0.05) is 25.7 Å². The topological polar surface area (TPSA) is 181 Å². The van der Waals surface area contributed by atoms with E-state index in [2.05, 4.69) is 26.6 Å². The maximum absolute atomic E-state index is 12.4. The van der Waals surface area contributed by atoms with Gasteiger partial charge in [0.2, 0.25) is 17.7 Å². The molecule has 1 unspecified atom stereocenters. The lowest BCUT2D eigenvalue weighted by molar-refractivity contribution is -0.130. The molecule has 1 rings (SSSR count). The maximum atomic E-state index is 12.4. The number of urea groups is 1. The Morgan fingerprint density at radius 3 is 2.00 bits per heavy atom. The molecule has 0 spiro atoms. The molecule has 0 radical (unpaired) electrons. The average Bonchev–Trinajstić information content (AvgIpc) is 2.92. The lowest BCUT2D eigenvalue weighted by Gasteiger charge is -2.21. The summed E-state index contributed by atoms with van der Waals surface area (Å²) in [6, 6.07) is 5.65. The number of rotatable bonds is 13. The summed E-state index contributed by atoms with van der Waals surface area (Å²) in [6.07, 6.45) is 2.44. The standard InChI is InChI=1S/C21H32N4O5.C4H10N2O.C2H6/c1-5-6-7-17(26)25-19(14(2)3)20(28)23-12-18(27)24-16-10-8-15(9-11-16)13-30-21(29)22-4;1-2-3-6-4(5)7;1-2/h8-11,14,19H,5-7,12-13H2,1-4H3,(H,22,29)(H,23,28)(H,24,27)(H,25,26);2-3H2,1H3,(H3,5,6,7);1-2H3. The zero-order chi connectivity index (χ0) is 30.2. The highest BCUT2D eigenvalue weighted by Crippen LogP contribution is 2.10. The van der Waals surface area contributed by atoms with Gasteiger partial charge in [-0.1, -0.05) is 60.1 Å². The number of hydrogen-bond acceptors (Lipinski definition) is 6. The van der Waals surface area contributed by atoms with Gasteiger partial charge in [0.05, 0.1) is 6.54 Å². The second-order valence-electron chi connectivity index (χ2n) is 8.47. The molecular formula is C27H48N6O6. The number of nitrogens with one attached hydrogen (secondary N) is 5. The molecule has 0 bridgehead atoms. The normalized spacial score (nSPS) is 10.4. The number of carbonyl (C=O) groups is 5. The molecule has 0 heterocycles. The van der Waals surface area contributed by atoms with Crippen molar-refractivity contribution in [2.45, 2.75) is 79.9 Å². The quantitative estimate of drug-likeness (QED) is 0.219. The zero-order valence-electron chi connectivity index (χ0n) is 24.4. The number of benzene rings is 1. The molecule has 1 aromatic carbocycles. The summed E-state index contributed by atoms with van der Waals surface area (Å²) in [4.78, 5) is 57.4. The molecule has 12 heteroatoms. The fraction of sp³-hybridized carbons (Fsp3) is 0.593. The van der Waals surface area contributed by atoms with Gasteiger partial charge >= 0.3 is 12.1 Å². The Kier molecular flexibility index (Phi) is 22.3. The van der Waals surface area contributed by atoms with Gasteiger partial charge < -0.3 is 37.1 Å². The number of nitrogens with two attached hydrogens (primary N) is 1. The van der Waals surface area contributed by atoms with Crippen LogP contribution in [-0.2, 0) is 25.7 Å². The third-order valence-corrected chi connectivity index (χ3v) is 4.81. The van der Waals surface area contributed by atoms with E-state index in [1.165, 1.54) is 7.05 Å². The second kappa shape index (κ2) is 23.3. The van der Waals surface area contributed by atoms with Gasteiger partial charge in [0.25, 0.3) is 0 Å². The van der Waals surface area contributed by atoms with Crippen molar-refractivity contribution >= 4 is 35.5 Å². The number of anilines is 1. The van der Waals surface area contributed by atoms with E-state index in [0.29, 0.717) is 18.7 Å². The van der Waals surface area contributed by atoms with Crippen molar-refractivity contribution in [3.8, 4) is 0 Å². The Labute approximate surface area is 232 Å². The summed E-state index contributed by atoms with van der Waals surface area (Å²) >= 11 is 0. The van der Waals surface area contributed by atoms with Gasteiger partial charge in [-0.25, -0.2) is 9.59 Å². The Morgan fingerprint density at radius 1 is 0.923 bits per heavy atom. The molecule has 39 heavy (non-hydrogen) atoms. The van der Waals surface area contributed by atoms with Crippen molar-refractivity contribution < 1.29 is 28.7 Å². The van der Waals surface area contributed by atoms with Crippen LogP contribution in [0.25, 0.3) is 0 Å². The van der Waals surface area contributed by atoms with E-state index in [1.54, 1.807) is 24.3 Å². The zero-order valence-corrected chi connectivity index (χ0v) is 24.4. The van der Waals surface area contributed by atoms with Crippen LogP contribution < -0.4 is 32.3 Å². The van der Waals surface area contributed by atoms with Crippen LogP contribution in [0.2, 0.25) is 0 Å². The van der Waals surface area contributed by atoms with Crippen LogP contribution in [-0.4, -0.2) is 56.0 Å². The molecule has 222 valence electrons. The highest BCUT2D eigenvalue weighted by atomic mass is 16.5. The van der Waals surface area contributed by atoms with E-state index >= 15 is 0 Å². The van der Waals surface area contributed by atoms with Gasteiger partial charge in [0.1, 0.15) is 12.6 Å². The van der Waals surface area contributed by atoms with E-state index in [-0.39, 0.29) is 25.0 Å². The lowest BCUT2D eigenvalue weighted by atomic mass is 10.0. The number of amides is 6. The number of primary amides is 1. The van der Waals surface area contributed by atoms with Crippen LogP contribution in [0.15, 0.2) is 24.3 Å². The third kappa shape index (κ3) is 19.9. The first-order valence-electron chi connectivity index (χ1n) is 13.4. The van der Waals surface area contributed by atoms with Crippen molar-refractivity contribution in [2.24, 2.45) is 11.7 Å². The minimum Gasteiger partial charge on any atom is -0.445 e. The van der Waals surface area contributed by atoms with Crippen molar-refractivity contribution in [2.75, 3.05) is 25.5 Å². The first kappa shape index (κ1) is 37.3. The number of hydrogen-bond donors (Lipinski definition) is 6. The largest absolute Gasteiger partial charge is 0.445 e.